The second-order valence-electron chi connectivity index (χ2n) is 5.52. The molecule has 0 amide bonds. The first-order chi connectivity index (χ1) is 10.2. The van der Waals surface area contributed by atoms with Crippen molar-refractivity contribution in [2.45, 2.75) is 39.3 Å². The minimum absolute atomic E-state index is 0.0380. The van der Waals surface area contributed by atoms with Crippen molar-refractivity contribution in [2.75, 3.05) is 37.7 Å². The highest BCUT2D eigenvalue weighted by Gasteiger charge is 2.12. The zero-order valence-electron chi connectivity index (χ0n) is 13.0. The van der Waals surface area contributed by atoms with Gasteiger partial charge in [-0.1, -0.05) is 13.3 Å². The zero-order valence-corrected chi connectivity index (χ0v) is 13.0. The Kier molecular flexibility index (Phi) is 6.20. The lowest BCUT2D eigenvalue weighted by atomic mass is 10.2. The maximum atomic E-state index is 12.1. The van der Waals surface area contributed by atoms with Crippen LogP contribution >= 0.6 is 0 Å². The lowest BCUT2D eigenvalue weighted by molar-refractivity contribution is 0.122. The molecule has 1 fully saturated rings. The Morgan fingerprint density at radius 2 is 2.19 bits per heavy atom. The van der Waals surface area contributed by atoms with E-state index in [1.54, 1.807) is 12.3 Å². The van der Waals surface area contributed by atoms with Crippen molar-refractivity contribution in [3.8, 4) is 0 Å². The molecule has 1 aliphatic heterocycles. The van der Waals surface area contributed by atoms with Crippen molar-refractivity contribution in [1.29, 1.82) is 0 Å². The van der Waals surface area contributed by atoms with E-state index in [0.29, 0.717) is 25.8 Å². The molecular weight excluding hydrogens is 268 g/mol. The highest BCUT2D eigenvalue weighted by molar-refractivity contribution is 5.43. The first kappa shape index (κ1) is 16.0. The molecule has 0 saturated carbocycles. The quantitative estimate of drug-likeness (QED) is 0.808. The molecule has 1 N–H and O–H groups in total. The number of morpholine rings is 1. The second kappa shape index (κ2) is 8.14. The SMILES string of the molecule is CCCC(C)NCCn1ncc(N2CCOCC2)cc1=O. The van der Waals surface area contributed by atoms with Gasteiger partial charge in [0.2, 0.25) is 0 Å². The zero-order chi connectivity index (χ0) is 15.1. The molecule has 1 aromatic heterocycles. The number of nitrogens with one attached hydrogen (secondary N) is 1. The Morgan fingerprint density at radius 1 is 1.43 bits per heavy atom. The third-order valence-electron chi connectivity index (χ3n) is 3.77. The van der Waals surface area contributed by atoms with Crippen LogP contribution < -0.4 is 15.8 Å². The molecule has 0 spiro atoms. The molecule has 0 aromatic carbocycles. The monoisotopic (exact) mass is 294 g/mol. The summed E-state index contributed by atoms with van der Waals surface area (Å²) in [6.07, 6.45) is 4.10. The van der Waals surface area contributed by atoms with Crippen LogP contribution in [0.1, 0.15) is 26.7 Å². The van der Waals surface area contributed by atoms with Crippen LogP contribution in [0.25, 0.3) is 0 Å². The third-order valence-corrected chi connectivity index (χ3v) is 3.77. The fraction of sp³-hybridized carbons (Fsp3) is 0.733. The Balaban J connectivity index is 1.88. The van der Waals surface area contributed by atoms with Gasteiger partial charge in [-0.25, -0.2) is 4.68 Å². The van der Waals surface area contributed by atoms with E-state index in [9.17, 15) is 4.79 Å². The molecule has 6 nitrogen and oxygen atoms in total. The van der Waals surface area contributed by atoms with E-state index >= 15 is 0 Å². The van der Waals surface area contributed by atoms with Gasteiger partial charge in [-0.3, -0.25) is 4.79 Å². The Morgan fingerprint density at radius 3 is 2.86 bits per heavy atom. The molecule has 21 heavy (non-hydrogen) atoms. The highest BCUT2D eigenvalue weighted by atomic mass is 16.5. The summed E-state index contributed by atoms with van der Waals surface area (Å²) in [6, 6.07) is 2.16. The van der Waals surface area contributed by atoms with E-state index in [4.69, 9.17) is 4.74 Å². The van der Waals surface area contributed by atoms with Gasteiger partial charge in [0.05, 0.1) is 31.6 Å². The molecular formula is C15H26N4O2. The van der Waals surface area contributed by atoms with Gasteiger partial charge in [0.15, 0.2) is 0 Å². The number of hydrogen-bond donors (Lipinski definition) is 1. The molecule has 1 atom stereocenters. The van der Waals surface area contributed by atoms with E-state index in [1.165, 1.54) is 11.1 Å². The van der Waals surface area contributed by atoms with Crippen LogP contribution in [0, 0.1) is 0 Å². The predicted octanol–water partition coefficient (Wildman–Crippen LogP) is 0.858. The van der Waals surface area contributed by atoms with Crippen LogP contribution in [0.5, 0.6) is 0 Å². The Hall–Kier alpha value is -1.40. The van der Waals surface area contributed by atoms with Crippen molar-refractivity contribution >= 4 is 5.69 Å². The van der Waals surface area contributed by atoms with Gasteiger partial charge in [0.25, 0.3) is 5.56 Å². The Labute approximate surface area is 126 Å². The highest BCUT2D eigenvalue weighted by Crippen LogP contribution is 2.11. The molecule has 1 saturated heterocycles. The molecule has 2 heterocycles. The molecule has 1 aliphatic rings. The summed E-state index contributed by atoms with van der Waals surface area (Å²) in [7, 11) is 0. The summed E-state index contributed by atoms with van der Waals surface area (Å²) >= 11 is 0. The van der Waals surface area contributed by atoms with E-state index in [2.05, 4.69) is 29.2 Å². The molecule has 2 rings (SSSR count). The van der Waals surface area contributed by atoms with Crippen LogP contribution in [0.3, 0.4) is 0 Å². The molecule has 118 valence electrons. The summed E-state index contributed by atoms with van der Waals surface area (Å²) in [5, 5.41) is 7.69. The normalized spacial score (nSPS) is 17.0. The van der Waals surface area contributed by atoms with Gasteiger partial charge in [-0.2, -0.15) is 5.10 Å². The van der Waals surface area contributed by atoms with Crippen molar-refractivity contribution in [2.24, 2.45) is 0 Å². The number of hydrogen-bond acceptors (Lipinski definition) is 5. The van der Waals surface area contributed by atoms with Crippen LogP contribution in [-0.4, -0.2) is 48.7 Å². The van der Waals surface area contributed by atoms with Gasteiger partial charge in [0, 0.05) is 31.7 Å². The maximum Gasteiger partial charge on any atom is 0.268 e. The topological polar surface area (TPSA) is 59.4 Å². The summed E-state index contributed by atoms with van der Waals surface area (Å²) in [5.41, 5.74) is 0.857. The molecule has 0 bridgehead atoms. The number of anilines is 1. The van der Waals surface area contributed by atoms with E-state index in [-0.39, 0.29) is 5.56 Å². The van der Waals surface area contributed by atoms with Crippen molar-refractivity contribution in [1.82, 2.24) is 15.1 Å². The number of nitrogens with zero attached hydrogens (tertiary/aromatic N) is 3. The molecule has 0 aliphatic carbocycles. The largest absolute Gasteiger partial charge is 0.378 e. The fourth-order valence-corrected chi connectivity index (χ4v) is 2.54. The lowest BCUT2D eigenvalue weighted by Gasteiger charge is -2.28. The summed E-state index contributed by atoms with van der Waals surface area (Å²) < 4.78 is 6.84. The van der Waals surface area contributed by atoms with Crippen LogP contribution in [0.15, 0.2) is 17.1 Å². The average molecular weight is 294 g/mol. The van der Waals surface area contributed by atoms with Gasteiger partial charge in [0.1, 0.15) is 0 Å². The lowest BCUT2D eigenvalue weighted by Crippen LogP contribution is -2.38. The minimum Gasteiger partial charge on any atom is -0.378 e. The molecule has 6 heteroatoms. The predicted molar refractivity (Wildman–Crippen MR) is 83.9 cm³/mol. The van der Waals surface area contributed by atoms with Gasteiger partial charge < -0.3 is 15.0 Å². The van der Waals surface area contributed by atoms with E-state index in [1.807, 2.05) is 0 Å². The maximum absolute atomic E-state index is 12.1. The van der Waals surface area contributed by atoms with Gasteiger partial charge in [-0.15, -0.1) is 0 Å². The Bertz CT molecular complexity index is 483. The molecule has 1 aromatic rings. The van der Waals surface area contributed by atoms with Gasteiger partial charge in [-0.05, 0) is 13.3 Å². The van der Waals surface area contributed by atoms with Crippen LogP contribution in [0.2, 0.25) is 0 Å². The van der Waals surface area contributed by atoms with Crippen LogP contribution in [-0.2, 0) is 11.3 Å². The first-order valence-corrected chi connectivity index (χ1v) is 7.84. The smallest absolute Gasteiger partial charge is 0.268 e. The molecule has 1 unspecified atom stereocenters. The van der Waals surface area contributed by atoms with E-state index in [0.717, 1.165) is 31.7 Å². The van der Waals surface area contributed by atoms with Crippen molar-refractivity contribution < 1.29 is 4.74 Å². The average Bonchev–Trinajstić information content (AvgIpc) is 2.50. The second-order valence-corrected chi connectivity index (χ2v) is 5.52. The van der Waals surface area contributed by atoms with Crippen molar-refractivity contribution in [3.05, 3.63) is 22.6 Å². The summed E-state index contributed by atoms with van der Waals surface area (Å²) in [6.45, 7) is 8.78. The summed E-state index contributed by atoms with van der Waals surface area (Å²) in [4.78, 5) is 14.2. The summed E-state index contributed by atoms with van der Waals surface area (Å²) in [5.74, 6) is 0. The first-order valence-electron chi connectivity index (χ1n) is 7.84. The number of aromatic nitrogens is 2. The number of ether oxygens (including phenoxy) is 1. The van der Waals surface area contributed by atoms with Gasteiger partial charge >= 0.3 is 0 Å². The minimum atomic E-state index is -0.0380. The standard InChI is InChI=1S/C15H26N4O2/c1-3-4-13(2)16-5-6-19-15(20)11-14(12-17-19)18-7-9-21-10-8-18/h11-13,16H,3-10H2,1-2H3. The van der Waals surface area contributed by atoms with Crippen LogP contribution in [0.4, 0.5) is 5.69 Å². The van der Waals surface area contributed by atoms with E-state index < -0.39 is 0 Å². The fourth-order valence-electron chi connectivity index (χ4n) is 2.54. The third kappa shape index (κ3) is 4.82. The molecule has 0 radical (unpaired) electrons. The number of rotatable bonds is 7. The van der Waals surface area contributed by atoms with Crippen molar-refractivity contribution in [3.63, 3.8) is 0 Å².